The molecule has 0 atom stereocenters. The van der Waals surface area contributed by atoms with Gasteiger partial charge in [-0.05, 0) is 58.8 Å². The summed E-state index contributed by atoms with van der Waals surface area (Å²) in [5, 5.41) is 44.3. The summed E-state index contributed by atoms with van der Waals surface area (Å²) in [5.41, 5.74) is 7.19. The van der Waals surface area contributed by atoms with Crippen molar-refractivity contribution in [3.8, 4) is 30.0 Å². The quantitative estimate of drug-likeness (QED) is 0.190. The largest absolute Gasteiger partial charge is 0.374 e. The molecule has 0 fully saturated rings. The fourth-order valence-electron chi connectivity index (χ4n) is 6.91. The minimum absolute atomic E-state index is 0.271. The van der Waals surface area contributed by atoms with Gasteiger partial charge in [-0.3, -0.25) is 0 Å². The van der Waals surface area contributed by atoms with Crippen molar-refractivity contribution in [3.05, 3.63) is 119 Å². The summed E-state index contributed by atoms with van der Waals surface area (Å²) in [6.45, 7) is 7.08. The van der Waals surface area contributed by atoms with Gasteiger partial charge in [0.2, 0.25) is 0 Å². The Kier molecular flexibility index (Phi) is 4.81. The Balaban J connectivity index is 1.68. The van der Waals surface area contributed by atoms with E-state index in [0.717, 1.165) is 38.4 Å². The number of aromatic nitrogens is 2. The van der Waals surface area contributed by atoms with Gasteiger partial charge in [0.25, 0.3) is 0 Å². The molecule has 2 aromatic heterocycles. The van der Waals surface area contributed by atoms with Gasteiger partial charge in [0, 0.05) is 21.8 Å². The first kappa shape index (κ1) is 24.0. The molecule has 5 aromatic carbocycles. The molecule has 0 radical (unpaired) electrons. The smallest absolute Gasteiger partial charge is 0.333 e. The summed E-state index contributed by atoms with van der Waals surface area (Å²) < 4.78 is 4.17. The highest BCUT2D eigenvalue weighted by Gasteiger charge is 2.39. The first-order chi connectivity index (χ1) is 21.1. The van der Waals surface area contributed by atoms with Crippen LogP contribution in [0, 0.1) is 51.9 Å². The van der Waals surface area contributed by atoms with Crippen LogP contribution in [-0.4, -0.2) is 15.9 Å². The van der Waals surface area contributed by atoms with Gasteiger partial charge in [0.15, 0.2) is 5.69 Å². The van der Waals surface area contributed by atoms with Gasteiger partial charge in [-0.15, -0.1) is 0 Å². The van der Waals surface area contributed by atoms with Crippen LogP contribution in [-0.2, 0) is 0 Å². The van der Waals surface area contributed by atoms with Gasteiger partial charge in [0.05, 0.1) is 69.1 Å². The summed E-state index contributed by atoms with van der Waals surface area (Å²) >= 11 is 0. The Hall–Kier alpha value is -6.79. The molecule has 7 aromatic rings. The van der Waals surface area contributed by atoms with Crippen LogP contribution in [0.3, 0.4) is 0 Å². The molecule has 43 heavy (non-hydrogen) atoms. The number of rotatable bonds is 1. The third-order valence-corrected chi connectivity index (χ3v) is 8.48. The number of hydrogen-bond acceptors (Lipinski definition) is 4. The van der Waals surface area contributed by atoms with Crippen molar-refractivity contribution in [2.75, 3.05) is 0 Å². The van der Waals surface area contributed by atoms with Crippen LogP contribution in [0.5, 0.6) is 0 Å². The molecule has 8 rings (SSSR count). The lowest BCUT2D eigenvalue weighted by atomic mass is 9.47. The van der Waals surface area contributed by atoms with E-state index in [0.29, 0.717) is 32.9 Å². The van der Waals surface area contributed by atoms with Crippen LogP contribution in [0.4, 0.5) is 5.69 Å². The van der Waals surface area contributed by atoms with E-state index in [1.54, 1.807) is 24.3 Å². The molecule has 0 unspecified atom stereocenters. The third-order valence-electron chi connectivity index (χ3n) is 8.48. The fraction of sp³-hybridized carbons (Fsp3) is 0. The molecule has 0 spiro atoms. The lowest BCUT2D eigenvalue weighted by Crippen LogP contribution is -2.54. The highest BCUT2D eigenvalue weighted by Crippen LogP contribution is 2.39. The van der Waals surface area contributed by atoms with Crippen molar-refractivity contribution in [2.45, 2.75) is 0 Å². The monoisotopic (exact) mass is 543 g/mol. The Morgan fingerprint density at radius 2 is 1.33 bits per heavy atom. The van der Waals surface area contributed by atoms with E-state index in [9.17, 15) is 21.0 Å². The first-order valence-corrected chi connectivity index (χ1v) is 13.4. The maximum absolute atomic E-state index is 10.5. The van der Waals surface area contributed by atoms with E-state index in [-0.39, 0.29) is 16.8 Å². The predicted molar refractivity (Wildman–Crippen MR) is 166 cm³/mol. The zero-order valence-corrected chi connectivity index (χ0v) is 22.3. The lowest BCUT2D eigenvalue weighted by molar-refractivity contribution is 1.18. The molecule has 0 bridgehead atoms. The highest BCUT2D eigenvalue weighted by atomic mass is 15.0. The molecular weight excluding hydrogens is 529 g/mol. The van der Waals surface area contributed by atoms with Crippen molar-refractivity contribution in [1.82, 2.24) is 9.05 Å². The molecule has 1 aliphatic heterocycles. The molecule has 0 aliphatic carbocycles. The maximum atomic E-state index is 10.5. The van der Waals surface area contributed by atoms with Gasteiger partial charge in [-0.25, -0.2) is 4.85 Å². The van der Waals surface area contributed by atoms with Gasteiger partial charge in [-0.1, -0.05) is 42.5 Å². The number of nitrogens with zero attached hydrogens (tertiary/aromatic N) is 7. The minimum atomic E-state index is -0.600. The van der Waals surface area contributed by atoms with Crippen LogP contribution >= 0.6 is 0 Å². The van der Waals surface area contributed by atoms with Crippen LogP contribution in [0.15, 0.2) is 84.9 Å². The predicted octanol–water partition coefficient (Wildman–Crippen LogP) is 5.90. The van der Waals surface area contributed by atoms with Gasteiger partial charge >= 0.3 is 6.85 Å². The zero-order valence-electron chi connectivity index (χ0n) is 22.3. The molecule has 3 heterocycles. The number of hydrogen-bond donors (Lipinski definition) is 0. The Labute approximate surface area is 245 Å². The lowest BCUT2D eigenvalue weighted by Gasteiger charge is -2.29. The fourth-order valence-corrected chi connectivity index (χ4v) is 6.91. The van der Waals surface area contributed by atoms with E-state index < -0.39 is 6.85 Å². The topological polar surface area (TPSA) is 109 Å². The number of nitriles is 4. The molecule has 0 N–H and O–H groups in total. The molecule has 0 saturated heterocycles. The molecule has 192 valence electrons. The van der Waals surface area contributed by atoms with Crippen molar-refractivity contribution in [1.29, 1.82) is 21.0 Å². The molecule has 8 heteroatoms. The van der Waals surface area contributed by atoms with Gasteiger partial charge < -0.3 is 9.05 Å². The summed E-state index contributed by atoms with van der Waals surface area (Å²) in [6.07, 6.45) is 0. The zero-order chi connectivity index (χ0) is 29.4. The summed E-state index contributed by atoms with van der Waals surface area (Å²) in [4.78, 5) is 3.60. The Morgan fingerprint density at radius 1 is 0.628 bits per heavy atom. The van der Waals surface area contributed by atoms with Gasteiger partial charge in [-0.2, -0.15) is 21.0 Å². The van der Waals surface area contributed by atoms with E-state index in [1.807, 2.05) is 53.0 Å². The second-order valence-electron chi connectivity index (χ2n) is 10.5. The molecular formula is C35H14BN7. The van der Waals surface area contributed by atoms with E-state index in [2.05, 4.69) is 45.8 Å². The number of benzene rings is 5. The summed E-state index contributed by atoms with van der Waals surface area (Å²) in [7, 11) is 0. The maximum Gasteiger partial charge on any atom is 0.333 e. The van der Waals surface area contributed by atoms with Crippen LogP contribution in [0.25, 0.3) is 54.1 Å². The van der Waals surface area contributed by atoms with Crippen LogP contribution in [0.2, 0.25) is 0 Å². The van der Waals surface area contributed by atoms with Crippen molar-refractivity contribution in [3.63, 3.8) is 0 Å². The molecule has 1 aliphatic rings. The summed E-state index contributed by atoms with van der Waals surface area (Å²) in [5.74, 6) is 0. The third kappa shape index (κ3) is 2.98. The first-order valence-electron chi connectivity index (χ1n) is 13.4. The van der Waals surface area contributed by atoms with E-state index >= 15 is 0 Å². The second kappa shape index (κ2) is 8.61. The highest BCUT2D eigenvalue weighted by molar-refractivity contribution is 6.89. The number of para-hydroxylation sites is 2. The SMILES string of the molecule is [C-]#[N+]c1cc(C#N)c2c(c1)c1cc(C#N)cc(C#N)c1n2B1c2ccccc2-n2c3ccccc3c3ccc(C#N)c1c32. The normalized spacial score (nSPS) is 11.6. The minimum Gasteiger partial charge on any atom is -0.374 e. The van der Waals surface area contributed by atoms with Crippen molar-refractivity contribution in [2.24, 2.45) is 0 Å². The van der Waals surface area contributed by atoms with Gasteiger partial charge in [0.1, 0.15) is 6.07 Å². The van der Waals surface area contributed by atoms with E-state index in [4.69, 9.17) is 6.57 Å². The molecule has 0 amide bonds. The van der Waals surface area contributed by atoms with Crippen molar-refractivity contribution < 1.29 is 0 Å². The van der Waals surface area contributed by atoms with E-state index in [1.165, 1.54) is 0 Å². The Morgan fingerprint density at radius 3 is 2.07 bits per heavy atom. The molecule has 0 saturated carbocycles. The average Bonchev–Trinajstić information content (AvgIpc) is 3.58. The summed E-state index contributed by atoms with van der Waals surface area (Å²) in [6, 6.07) is 35.6. The average molecular weight is 543 g/mol. The second-order valence-corrected chi connectivity index (χ2v) is 10.5. The van der Waals surface area contributed by atoms with Crippen LogP contribution in [0.1, 0.15) is 22.3 Å². The molecule has 7 nitrogen and oxygen atoms in total. The number of fused-ring (bicyclic) bond motifs is 8. The standard InChI is InChI=1S/C35H14BN7/c1-41-24-14-23(19-40)34-28(15-24)27-13-20(16-37)12-22(18-39)33(27)43(34)36-29-7-3-5-9-31(29)42-30-8-4-2-6-25(30)26-11-10-21(17-38)32(36)35(26)42/h2-15H. The van der Waals surface area contributed by atoms with Crippen molar-refractivity contribution >= 4 is 67.1 Å². The van der Waals surface area contributed by atoms with Crippen LogP contribution < -0.4 is 10.9 Å². The Bertz CT molecular complexity index is 2550.